The second-order valence-corrected chi connectivity index (χ2v) is 16.6. The highest BCUT2D eigenvalue weighted by atomic mass is 32.1. The van der Waals surface area contributed by atoms with Gasteiger partial charge in [-0.15, -0.1) is 22.7 Å². The molecule has 10 aromatic rings. The Morgan fingerprint density at radius 2 is 1.02 bits per heavy atom. The van der Waals surface area contributed by atoms with Gasteiger partial charge in [0.2, 0.25) is 0 Å². The Kier molecular flexibility index (Phi) is 9.39. The van der Waals surface area contributed by atoms with Crippen molar-refractivity contribution in [2.75, 3.05) is 4.90 Å². The summed E-state index contributed by atoms with van der Waals surface area (Å²) in [6, 6.07) is 66.6. The van der Waals surface area contributed by atoms with Crippen LogP contribution in [-0.4, -0.2) is 0 Å². The molecule has 0 unspecified atom stereocenters. The van der Waals surface area contributed by atoms with Crippen molar-refractivity contribution in [2.45, 2.75) is 6.92 Å². The monoisotopic (exact) mass is 777 g/mol. The van der Waals surface area contributed by atoms with E-state index in [-0.39, 0.29) is 0 Å². The lowest BCUT2D eigenvalue weighted by atomic mass is 9.92. The first-order valence-corrected chi connectivity index (χ1v) is 21.3. The molecule has 58 heavy (non-hydrogen) atoms. The minimum atomic E-state index is 1.09. The van der Waals surface area contributed by atoms with Crippen LogP contribution in [0.2, 0.25) is 0 Å². The van der Waals surface area contributed by atoms with E-state index in [0.717, 1.165) is 22.6 Å². The molecule has 2 aromatic heterocycles. The highest BCUT2D eigenvalue weighted by Gasteiger charge is 2.20. The Morgan fingerprint density at radius 3 is 1.72 bits per heavy atom. The SMILES string of the molecule is C=C/C=C(\C=C/C)c1ccc(N(c2ccc(-c3ccc(-c4ccccc4)cc3)cc2)c2ccc3c(c2)sc2ccccc23)cc1-c1cccc2c1sc1ccccc12. The summed E-state index contributed by atoms with van der Waals surface area (Å²) < 4.78 is 5.17. The summed E-state index contributed by atoms with van der Waals surface area (Å²) in [6.45, 7) is 6.16. The van der Waals surface area contributed by atoms with Crippen molar-refractivity contribution in [3.8, 4) is 33.4 Å². The summed E-state index contributed by atoms with van der Waals surface area (Å²) in [6.07, 6.45) is 8.29. The molecule has 8 aromatic carbocycles. The molecular weight excluding hydrogens is 739 g/mol. The third-order valence-corrected chi connectivity index (χ3v) is 13.3. The van der Waals surface area contributed by atoms with E-state index in [9.17, 15) is 0 Å². The first-order chi connectivity index (χ1) is 28.7. The zero-order chi connectivity index (χ0) is 39.0. The Labute approximate surface area is 347 Å². The largest absolute Gasteiger partial charge is 0.310 e. The highest BCUT2D eigenvalue weighted by molar-refractivity contribution is 7.26. The third kappa shape index (κ3) is 6.45. The van der Waals surface area contributed by atoms with Crippen LogP contribution in [0, 0.1) is 0 Å². The van der Waals surface area contributed by atoms with E-state index in [1.807, 2.05) is 28.7 Å². The molecular formula is C55H39NS2. The van der Waals surface area contributed by atoms with E-state index in [4.69, 9.17) is 0 Å². The average molecular weight is 778 g/mol. The van der Waals surface area contributed by atoms with Crippen LogP contribution in [0.4, 0.5) is 17.1 Å². The summed E-state index contributed by atoms with van der Waals surface area (Å²) in [5, 5.41) is 5.17. The lowest BCUT2D eigenvalue weighted by molar-refractivity contribution is 1.29. The molecule has 0 saturated heterocycles. The number of anilines is 3. The number of rotatable bonds is 9. The van der Waals surface area contributed by atoms with Crippen LogP contribution in [0.1, 0.15) is 12.5 Å². The zero-order valence-corrected chi connectivity index (χ0v) is 33.7. The first kappa shape index (κ1) is 35.6. The van der Waals surface area contributed by atoms with Gasteiger partial charge >= 0.3 is 0 Å². The number of thiophene rings is 2. The molecule has 1 nitrogen and oxygen atoms in total. The van der Waals surface area contributed by atoms with Gasteiger partial charge in [-0.2, -0.15) is 0 Å². The Morgan fingerprint density at radius 1 is 0.466 bits per heavy atom. The molecule has 0 aliphatic rings. The first-order valence-electron chi connectivity index (χ1n) is 19.6. The highest BCUT2D eigenvalue weighted by Crippen LogP contribution is 2.46. The van der Waals surface area contributed by atoms with Gasteiger partial charge in [-0.3, -0.25) is 0 Å². The van der Waals surface area contributed by atoms with Crippen LogP contribution >= 0.6 is 22.7 Å². The quantitative estimate of drug-likeness (QED) is 0.132. The molecule has 0 aliphatic carbocycles. The van der Waals surface area contributed by atoms with Gasteiger partial charge in [0.1, 0.15) is 0 Å². The standard InChI is InChI=1S/C55H39NS2/c1-3-13-41(14-4-2)45-33-31-43(35-51(45)50-20-12-19-49-47-18-9-11-22-53(47)58-55(49)50)56(44-32-34-48-46-17-8-10-21-52(46)57-54(48)36-44)42-29-27-40(28-30-42)39-25-23-38(24-26-39)37-15-6-5-7-16-37/h3-36H,1H2,2H3/b14-4-,41-13+. The molecule has 10 rings (SSSR count). The van der Waals surface area contributed by atoms with Crippen molar-refractivity contribution in [3.63, 3.8) is 0 Å². The molecule has 0 radical (unpaired) electrons. The van der Waals surface area contributed by atoms with Crippen LogP contribution in [0.25, 0.3) is 79.3 Å². The molecule has 0 bridgehead atoms. The number of allylic oxidation sites excluding steroid dienone is 5. The zero-order valence-electron chi connectivity index (χ0n) is 32.1. The summed E-state index contributed by atoms with van der Waals surface area (Å²) in [5.41, 5.74) is 12.8. The topological polar surface area (TPSA) is 3.24 Å². The lowest BCUT2D eigenvalue weighted by Crippen LogP contribution is -2.10. The molecule has 0 atom stereocenters. The minimum absolute atomic E-state index is 1.09. The third-order valence-electron chi connectivity index (χ3n) is 11.0. The fourth-order valence-electron chi connectivity index (χ4n) is 8.24. The van der Waals surface area contributed by atoms with E-state index in [0.29, 0.717) is 0 Å². The number of hydrogen-bond donors (Lipinski definition) is 0. The molecule has 0 aliphatic heterocycles. The van der Waals surface area contributed by atoms with Gasteiger partial charge in [0.05, 0.1) is 0 Å². The van der Waals surface area contributed by atoms with Crippen molar-refractivity contribution in [2.24, 2.45) is 0 Å². The smallest absolute Gasteiger partial charge is 0.0476 e. The van der Waals surface area contributed by atoms with Crippen molar-refractivity contribution < 1.29 is 0 Å². The van der Waals surface area contributed by atoms with Crippen molar-refractivity contribution in [3.05, 3.63) is 218 Å². The molecule has 0 saturated carbocycles. The maximum absolute atomic E-state index is 4.09. The van der Waals surface area contributed by atoms with Crippen LogP contribution in [0.3, 0.4) is 0 Å². The number of nitrogens with zero attached hydrogens (tertiary/aromatic N) is 1. The minimum Gasteiger partial charge on any atom is -0.310 e. The average Bonchev–Trinajstić information content (AvgIpc) is 3.85. The van der Waals surface area contributed by atoms with Crippen LogP contribution in [-0.2, 0) is 0 Å². The molecule has 3 heteroatoms. The van der Waals surface area contributed by atoms with Crippen LogP contribution in [0.15, 0.2) is 213 Å². The summed E-state index contributed by atoms with van der Waals surface area (Å²) in [5.74, 6) is 0. The second kappa shape index (κ2) is 15.3. The van der Waals surface area contributed by atoms with Gasteiger partial charge in [-0.1, -0.05) is 164 Å². The van der Waals surface area contributed by atoms with Crippen molar-refractivity contribution in [1.82, 2.24) is 0 Å². The molecule has 276 valence electrons. The summed E-state index contributed by atoms with van der Waals surface area (Å²) in [7, 11) is 0. The Bertz CT molecular complexity index is 3180. The molecule has 0 spiro atoms. The predicted octanol–water partition coefficient (Wildman–Crippen LogP) is 17.0. The maximum atomic E-state index is 4.09. The summed E-state index contributed by atoms with van der Waals surface area (Å²) in [4.78, 5) is 2.41. The van der Waals surface area contributed by atoms with Crippen LogP contribution < -0.4 is 4.90 Å². The van der Waals surface area contributed by atoms with E-state index in [1.165, 1.54) is 79.3 Å². The van der Waals surface area contributed by atoms with E-state index in [1.54, 1.807) is 0 Å². The predicted molar refractivity (Wildman–Crippen MR) is 256 cm³/mol. The van der Waals surface area contributed by atoms with E-state index in [2.05, 4.69) is 219 Å². The van der Waals surface area contributed by atoms with Gasteiger partial charge in [0.25, 0.3) is 0 Å². The van der Waals surface area contributed by atoms with E-state index < -0.39 is 0 Å². The van der Waals surface area contributed by atoms with E-state index >= 15 is 0 Å². The van der Waals surface area contributed by atoms with Gasteiger partial charge in [-0.25, -0.2) is 0 Å². The maximum Gasteiger partial charge on any atom is 0.0476 e. The molecule has 0 amide bonds. The second-order valence-electron chi connectivity index (χ2n) is 14.5. The Balaban J connectivity index is 1.15. The molecule has 0 N–H and O–H groups in total. The summed E-state index contributed by atoms with van der Waals surface area (Å²) >= 11 is 3.72. The van der Waals surface area contributed by atoms with Crippen LogP contribution in [0.5, 0.6) is 0 Å². The van der Waals surface area contributed by atoms with Gasteiger partial charge < -0.3 is 4.90 Å². The molecule has 2 heterocycles. The van der Waals surface area contributed by atoms with Gasteiger partial charge in [0, 0.05) is 63.0 Å². The van der Waals surface area contributed by atoms with Crippen molar-refractivity contribution >= 4 is 85.7 Å². The number of fused-ring (bicyclic) bond motifs is 6. The van der Waals surface area contributed by atoms with Gasteiger partial charge in [-0.05, 0) is 94.4 Å². The fraction of sp³-hybridized carbons (Fsp3) is 0.0182. The van der Waals surface area contributed by atoms with Gasteiger partial charge in [0.15, 0.2) is 0 Å². The number of benzene rings is 8. The fourth-order valence-corrected chi connectivity index (χ4v) is 10.6. The Hall–Kier alpha value is -6.78. The molecule has 0 fully saturated rings. The number of hydrogen-bond acceptors (Lipinski definition) is 3. The normalized spacial score (nSPS) is 12.0. The van der Waals surface area contributed by atoms with Crippen molar-refractivity contribution in [1.29, 1.82) is 0 Å². The lowest BCUT2D eigenvalue weighted by Gasteiger charge is -2.27.